The number of carbonyl (C=O) groups excluding carboxylic acids is 2. The summed E-state index contributed by atoms with van der Waals surface area (Å²) in [4.78, 5) is 24.3. The predicted octanol–water partition coefficient (Wildman–Crippen LogP) is 2.75. The van der Waals surface area contributed by atoms with Crippen molar-refractivity contribution in [3.05, 3.63) is 11.8 Å². The Hall–Kier alpha value is -2.10. The first-order valence-electron chi connectivity index (χ1n) is 10.5. The molecule has 0 spiro atoms. The maximum atomic E-state index is 12.5. The van der Waals surface area contributed by atoms with Crippen LogP contribution in [0, 0.1) is 0 Å². The highest BCUT2D eigenvalue weighted by Gasteiger charge is 2.34. The zero-order chi connectivity index (χ0) is 22.1. The minimum Gasteiger partial charge on any atom is -0.444 e. The van der Waals surface area contributed by atoms with Crippen molar-refractivity contribution >= 4 is 27.7 Å². The quantitative estimate of drug-likeness (QED) is 0.673. The fourth-order valence-electron chi connectivity index (χ4n) is 3.47. The third-order valence-corrected chi connectivity index (χ3v) is 6.89. The van der Waals surface area contributed by atoms with E-state index >= 15 is 0 Å². The van der Waals surface area contributed by atoms with E-state index < -0.39 is 21.5 Å². The number of alkyl carbamates (subject to hydrolysis) is 1. The van der Waals surface area contributed by atoms with E-state index in [0.717, 1.165) is 18.5 Å². The molecule has 1 aromatic rings. The molecule has 2 amide bonds. The molecule has 2 heterocycles. The summed E-state index contributed by atoms with van der Waals surface area (Å²) in [5.74, 6) is 0.961. The van der Waals surface area contributed by atoms with Gasteiger partial charge in [0.25, 0.3) is 0 Å². The highest BCUT2D eigenvalue weighted by Crippen LogP contribution is 2.41. The summed E-state index contributed by atoms with van der Waals surface area (Å²) >= 11 is 0. The number of ether oxygens (including phenoxy) is 1. The van der Waals surface area contributed by atoms with E-state index in [0.29, 0.717) is 24.6 Å². The Labute approximate surface area is 177 Å². The van der Waals surface area contributed by atoms with Crippen LogP contribution in [0.15, 0.2) is 6.07 Å². The van der Waals surface area contributed by atoms with Crippen LogP contribution in [-0.4, -0.2) is 53.3 Å². The lowest BCUT2D eigenvalue weighted by Crippen LogP contribution is -2.38. The molecule has 0 unspecified atom stereocenters. The van der Waals surface area contributed by atoms with Crippen molar-refractivity contribution in [2.75, 3.05) is 16.8 Å². The van der Waals surface area contributed by atoms with Gasteiger partial charge in [-0.15, -0.1) is 0 Å². The lowest BCUT2D eigenvalue weighted by molar-refractivity contribution is -0.116. The Morgan fingerprint density at radius 1 is 1.30 bits per heavy atom. The molecule has 2 N–H and O–H groups in total. The number of anilines is 1. The second-order valence-electron chi connectivity index (χ2n) is 9.36. The molecular formula is C20H32N4O5S. The molecular weight excluding hydrogens is 408 g/mol. The van der Waals surface area contributed by atoms with Crippen molar-refractivity contribution in [3.8, 4) is 0 Å². The first-order valence-corrected chi connectivity index (χ1v) is 12.3. The number of rotatable bonds is 7. The fraction of sp³-hybridized carbons (Fsp3) is 0.750. The van der Waals surface area contributed by atoms with Crippen LogP contribution in [0.3, 0.4) is 0 Å². The highest BCUT2D eigenvalue weighted by atomic mass is 32.2. The summed E-state index contributed by atoms with van der Waals surface area (Å²) in [5, 5.41) is 10.2. The van der Waals surface area contributed by atoms with E-state index in [9.17, 15) is 18.0 Å². The SMILES string of the molecule is C[C@@H](CCC(=O)Nc1cc(C2CC2)nn1[C@H]1CCS(=O)(=O)C1)NC(=O)OC(C)(C)C. The molecule has 9 nitrogen and oxygen atoms in total. The van der Waals surface area contributed by atoms with Crippen LogP contribution >= 0.6 is 0 Å². The van der Waals surface area contributed by atoms with Gasteiger partial charge in [0.1, 0.15) is 11.4 Å². The minimum atomic E-state index is -3.06. The highest BCUT2D eigenvalue weighted by molar-refractivity contribution is 7.91. The van der Waals surface area contributed by atoms with Crippen molar-refractivity contribution in [1.82, 2.24) is 15.1 Å². The molecule has 1 saturated heterocycles. The topological polar surface area (TPSA) is 119 Å². The van der Waals surface area contributed by atoms with Gasteiger partial charge in [0, 0.05) is 24.4 Å². The maximum absolute atomic E-state index is 12.5. The predicted molar refractivity (Wildman–Crippen MR) is 113 cm³/mol. The van der Waals surface area contributed by atoms with Crippen molar-refractivity contribution in [2.45, 2.75) is 83.4 Å². The molecule has 1 aliphatic heterocycles. The Morgan fingerprint density at radius 3 is 2.57 bits per heavy atom. The first kappa shape index (κ1) is 22.6. The van der Waals surface area contributed by atoms with Gasteiger partial charge in [-0.25, -0.2) is 17.9 Å². The molecule has 168 valence electrons. The van der Waals surface area contributed by atoms with Crippen LogP contribution in [0.4, 0.5) is 10.6 Å². The van der Waals surface area contributed by atoms with Crippen molar-refractivity contribution in [3.63, 3.8) is 0 Å². The molecule has 0 radical (unpaired) electrons. The van der Waals surface area contributed by atoms with Crippen LogP contribution in [0.2, 0.25) is 0 Å². The first-order chi connectivity index (χ1) is 13.9. The Balaban J connectivity index is 1.56. The van der Waals surface area contributed by atoms with Gasteiger partial charge in [-0.3, -0.25) is 4.79 Å². The van der Waals surface area contributed by atoms with E-state index in [-0.39, 0.29) is 35.9 Å². The molecule has 30 heavy (non-hydrogen) atoms. The van der Waals surface area contributed by atoms with Gasteiger partial charge >= 0.3 is 6.09 Å². The summed E-state index contributed by atoms with van der Waals surface area (Å²) in [6.45, 7) is 7.19. The Kier molecular flexibility index (Phi) is 6.45. The number of hydrogen-bond acceptors (Lipinski definition) is 6. The zero-order valence-electron chi connectivity index (χ0n) is 18.1. The molecule has 2 fully saturated rings. The minimum absolute atomic E-state index is 0.0541. The van der Waals surface area contributed by atoms with Gasteiger partial charge in [0.2, 0.25) is 5.91 Å². The van der Waals surface area contributed by atoms with Crippen molar-refractivity contribution in [1.29, 1.82) is 0 Å². The van der Waals surface area contributed by atoms with Gasteiger partial charge in [0.05, 0.1) is 23.2 Å². The summed E-state index contributed by atoms with van der Waals surface area (Å²) in [6.07, 6.45) is 2.80. The van der Waals surface area contributed by atoms with Gasteiger partial charge in [-0.1, -0.05) is 0 Å². The largest absolute Gasteiger partial charge is 0.444 e. The normalized spacial score (nSPS) is 21.8. The molecule has 0 aromatic carbocycles. The number of amides is 2. The van der Waals surface area contributed by atoms with Gasteiger partial charge in [0.15, 0.2) is 9.84 Å². The summed E-state index contributed by atoms with van der Waals surface area (Å²) in [6, 6.07) is 1.39. The van der Waals surface area contributed by atoms with Gasteiger partial charge in [-0.05, 0) is 53.4 Å². The van der Waals surface area contributed by atoms with Crippen LogP contribution < -0.4 is 10.6 Å². The molecule has 2 aliphatic rings. The van der Waals surface area contributed by atoms with E-state index in [1.807, 2.05) is 13.0 Å². The fourth-order valence-corrected chi connectivity index (χ4v) is 5.16. The lowest BCUT2D eigenvalue weighted by Gasteiger charge is -2.22. The average molecular weight is 441 g/mol. The molecule has 0 bridgehead atoms. The van der Waals surface area contributed by atoms with Gasteiger partial charge in [-0.2, -0.15) is 5.10 Å². The third-order valence-electron chi connectivity index (χ3n) is 5.14. The number of aromatic nitrogens is 2. The summed E-state index contributed by atoms with van der Waals surface area (Å²) in [7, 11) is -3.06. The van der Waals surface area contributed by atoms with Crippen LogP contribution in [0.25, 0.3) is 0 Å². The van der Waals surface area contributed by atoms with Crippen molar-refractivity contribution in [2.24, 2.45) is 0 Å². The lowest BCUT2D eigenvalue weighted by atomic mass is 10.1. The summed E-state index contributed by atoms with van der Waals surface area (Å²) < 4.78 is 30.7. The van der Waals surface area contributed by atoms with E-state index in [1.54, 1.807) is 25.5 Å². The smallest absolute Gasteiger partial charge is 0.407 e. The zero-order valence-corrected chi connectivity index (χ0v) is 18.9. The molecule has 3 rings (SSSR count). The van der Waals surface area contributed by atoms with Crippen LogP contribution in [0.5, 0.6) is 0 Å². The number of hydrogen-bond donors (Lipinski definition) is 2. The molecule has 10 heteroatoms. The average Bonchev–Trinajstić information content (AvgIpc) is 3.27. The Bertz CT molecular complexity index is 899. The summed E-state index contributed by atoms with van der Waals surface area (Å²) in [5.41, 5.74) is 0.335. The van der Waals surface area contributed by atoms with Crippen LogP contribution in [-0.2, 0) is 19.4 Å². The van der Waals surface area contributed by atoms with Gasteiger partial charge < -0.3 is 15.4 Å². The number of carbonyl (C=O) groups is 2. The third kappa shape index (κ3) is 6.45. The second kappa shape index (κ2) is 8.56. The Morgan fingerprint density at radius 2 is 2.00 bits per heavy atom. The maximum Gasteiger partial charge on any atom is 0.407 e. The van der Waals surface area contributed by atoms with Crippen LogP contribution in [0.1, 0.15) is 77.5 Å². The van der Waals surface area contributed by atoms with Crippen molar-refractivity contribution < 1.29 is 22.7 Å². The molecule has 2 atom stereocenters. The monoisotopic (exact) mass is 440 g/mol. The van der Waals surface area contributed by atoms with E-state index in [4.69, 9.17) is 4.74 Å². The molecule has 1 aromatic heterocycles. The number of nitrogens with zero attached hydrogens (tertiary/aromatic N) is 2. The second-order valence-corrected chi connectivity index (χ2v) is 11.6. The van der Waals surface area contributed by atoms with E-state index in [1.165, 1.54) is 0 Å². The number of nitrogens with one attached hydrogen (secondary N) is 2. The molecule has 1 aliphatic carbocycles. The van der Waals surface area contributed by atoms with E-state index in [2.05, 4.69) is 15.7 Å². The number of sulfone groups is 1. The molecule has 1 saturated carbocycles. The standard InChI is InChI=1S/C20H32N4O5S/c1-13(21-19(26)29-20(2,3)4)5-8-18(25)22-17-11-16(14-6-7-14)23-24(17)15-9-10-30(27,28)12-15/h11,13-15H,5-10,12H2,1-4H3,(H,21,26)(H,22,25)/t13-,15-/m0/s1.